The molecule has 2 aliphatic carbocycles. The zero-order chi connectivity index (χ0) is 31.3. The van der Waals surface area contributed by atoms with Gasteiger partial charge < -0.3 is 14.4 Å². The van der Waals surface area contributed by atoms with Crippen molar-refractivity contribution in [2.24, 2.45) is 11.8 Å². The van der Waals surface area contributed by atoms with Crippen molar-refractivity contribution in [3.05, 3.63) is 42.0 Å². The summed E-state index contributed by atoms with van der Waals surface area (Å²) in [5.74, 6) is 3.19. The minimum absolute atomic E-state index is 0.481. The Kier molecular flexibility index (Phi) is 11.0. The number of aromatic nitrogens is 4. The van der Waals surface area contributed by atoms with Crippen molar-refractivity contribution in [2.75, 3.05) is 31.6 Å². The standard InChI is InChI=1S/C35H57N5O2Si2/c1-8-9-10-31-14-13-29(23-36-31)32-24-37-40-34(22-33(38-35(32)40)30-20-27-11-12-28(19-27)21-30)39(25-41-15-17-43(2,3)4)26-42-16-18-44(5,6)7/h13-14,22-24,27-28,30H,8-12,15-21,25-26H2,1-7H3/t27-,28+,30+. The summed E-state index contributed by atoms with van der Waals surface area (Å²) in [7, 11) is -2.39. The molecule has 3 atom stereocenters. The molecule has 7 nitrogen and oxygen atoms in total. The van der Waals surface area contributed by atoms with Crippen molar-refractivity contribution < 1.29 is 9.47 Å². The first-order valence-electron chi connectivity index (χ1n) is 17.2. The Bertz CT molecular complexity index is 1310. The van der Waals surface area contributed by atoms with E-state index in [9.17, 15) is 0 Å². The van der Waals surface area contributed by atoms with Gasteiger partial charge in [-0.1, -0.05) is 71.5 Å². The second kappa shape index (κ2) is 14.6. The normalized spacial score (nSPS) is 20.5. The molecule has 0 N–H and O–H groups in total. The molecule has 2 saturated carbocycles. The third-order valence-electron chi connectivity index (χ3n) is 9.51. The van der Waals surface area contributed by atoms with Crippen LogP contribution in [0, 0.1) is 11.8 Å². The van der Waals surface area contributed by atoms with Crippen LogP contribution in [0.5, 0.6) is 0 Å². The van der Waals surface area contributed by atoms with Crippen molar-refractivity contribution in [2.45, 2.75) is 116 Å². The van der Waals surface area contributed by atoms with Crippen LogP contribution in [-0.4, -0.2) is 62.4 Å². The van der Waals surface area contributed by atoms with Gasteiger partial charge in [-0.05, 0) is 62.1 Å². The Morgan fingerprint density at radius 1 is 0.886 bits per heavy atom. The van der Waals surface area contributed by atoms with Crippen LogP contribution < -0.4 is 4.90 Å². The maximum Gasteiger partial charge on any atom is 0.165 e. The fourth-order valence-corrected chi connectivity index (χ4v) is 8.23. The van der Waals surface area contributed by atoms with E-state index in [1.807, 2.05) is 16.9 Å². The second-order valence-electron chi connectivity index (χ2n) is 15.9. The van der Waals surface area contributed by atoms with E-state index in [0.717, 1.165) is 78.3 Å². The van der Waals surface area contributed by atoms with E-state index in [1.165, 1.54) is 44.2 Å². The van der Waals surface area contributed by atoms with Gasteiger partial charge in [0.25, 0.3) is 0 Å². The molecule has 3 heterocycles. The van der Waals surface area contributed by atoms with Gasteiger partial charge in [-0.25, -0.2) is 4.98 Å². The molecular weight excluding hydrogens is 579 g/mol. The van der Waals surface area contributed by atoms with E-state index in [4.69, 9.17) is 24.5 Å². The molecule has 0 spiro atoms. The topological polar surface area (TPSA) is 64.8 Å². The minimum Gasteiger partial charge on any atom is -0.361 e. The smallest absolute Gasteiger partial charge is 0.165 e. The van der Waals surface area contributed by atoms with Gasteiger partial charge in [-0.3, -0.25) is 4.98 Å². The number of ether oxygens (including phenoxy) is 2. The number of anilines is 1. The zero-order valence-electron chi connectivity index (χ0n) is 28.6. The van der Waals surface area contributed by atoms with Gasteiger partial charge in [0.2, 0.25) is 0 Å². The summed E-state index contributed by atoms with van der Waals surface area (Å²) in [6, 6.07) is 8.96. The average molecular weight is 636 g/mol. The second-order valence-corrected chi connectivity index (χ2v) is 27.2. The lowest BCUT2D eigenvalue weighted by molar-refractivity contribution is 0.0942. The van der Waals surface area contributed by atoms with E-state index >= 15 is 0 Å². The lowest BCUT2D eigenvalue weighted by Crippen LogP contribution is -2.33. The molecule has 5 rings (SSSR count). The lowest BCUT2D eigenvalue weighted by atomic mass is 9.79. The average Bonchev–Trinajstić information content (AvgIpc) is 3.56. The van der Waals surface area contributed by atoms with E-state index < -0.39 is 16.1 Å². The first kappa shape index (κ1) is 33.3. The first-order chi connectivity index (χ1) is 21.0. The van der Waals surface area contributed by atoms with Crippen molar-refractivity contribution in [3.8, 4) is 11.1 Å². The van der Waals surface area contributed by atoms with Crippen LogP contribution in [0.3, 0.4) is 0 Å². The van der Waals surface area contributed by atoms with Crippen LogP contribution in [0.25, 0.3) is 16.8 Å². The summed E-state index contributed by atoms with van der Waals surface area (Å²) in [6.07, 6.45) is 14.0. The quantitative estimate of drug-likeness (QED) is 0.0890. The van der Waals surface area contributed by atoms with Gasteiger partial charge >= 0.3 is 0 Å². The number of fused-ring (bicyclic) bond motifs is 3. The van der Waals surface area contributed by atoms with E-state index in [0.29, 0.717) is 19.4 Å². The molecule has 0 radical (unpaired) electrons. The summed E-state index contributed by atoms with van der Waals surface area (Å²) in [5.41, 5.74) is 5.38. The number of unbranched alkanes of at least 4 members (excludes halogenated alkanes) is 1. The summed E-state index contributed by atoms with van der Waals surface area (Å²) >= 11 is 0. The predicted molar refractivity (Wildman–Crippen MR) is 188 cm³/mol. The molecule has 0 saturated heterocycles. The van der Waals surface area contributed by atoms with Crippen molar-refractivity contribution >= 4 is 27.6 Å². The van der Waals surface area contributed by atoms with Gasteiger partial charge in [0, 0.05) is 70.1 Å². The molecule has 0 unspecified atom stereocenters. The molecule has 9 heteroatoms. The molecule has 0 aromatic carbocycles. The molecular formula is C35H57N5O2Si2. The van der Waals surface area contributed by atoms with Crippen LogP contribution in [0.4, 0.5) is 5.82 Å². The monoisotopic (exact) mass is 635 g/mol. The third-order valence-corrected chi connectivity index (χ3v) is 12.9. The van der Waals surface area contributed by atoms with Crippen LogP contribution in [0.1, 0.15) is 69.2 Å². The summed E-state index contributed by atoms with van der Waals surface area (Å²) in [6.45, 7) is 19.1. The number of nitrogens with zero attached hydrogens (tertiary/aromatic N) is 5. The Hall–Kier alpha value is -2.08. The fraction of sp³-hybridized carbons (Fsp3) is 0.686. The Labute approximate surface area is 268 Å². The molecule has 2 aliphatic rings. The highest BCUT2D eigenvalue weighted by Crippen LogP contribution is 2.48. The minimum atomic E-state index is -1.19. The number of hydrogen-bond donors (Lipinski definition) is 0. The maximum atomic E-state index is 6.36. The number of aryl methyl sites for hydroxylation is 1. The van der Waals surface area contributed by atoms with Crippen LogP contribution in [-0.2, 0) is 15.9 Å². The number of pyridine rings is 1. The Morgan fingerprint density at radius 3 is 2.11 bits per heavy atom. The largest absolute Gasteiger partial charge is 0.361 e. The Morgan fingerprint density at radius 2 is 1.55 bits per heavy atom. The SMILES string of the molecule is CCCCc1ccc(-c2cnn3c(N(COCC[Si](C)(C)C)COCC[Si](C)(C)C)cc([C@H]4C[C@@H]5CC[C@@H](C5)C4)nc23)cn1. The molecule has 3 aromatic rings. The molecule has 44 heavy (non-hydrogen) atoms. The van der Waals surface area contributed by atoms with Crippen molar-refractivity contribution in [3.63, 3.8) is 0 Å². The molecule has 2 bridgehead atoms. The molecule has 0 amide bonds. The molecule has 242 valence electrons. The maximum absolute atomic E-state index is 6.36. The van der Waals surface area contributed by atoms with Gasteiger partial charge in [-0.2, -0.15) is 9.61 Å². The molecule has 2 fully saturated rings. The van der Waals surface area contributed by atoms with Crippen LogP contribution in [0.15, 0.2) is 30.6 Å². The van der Waals surface area contributed by atoms with E-state index in [-0.39, 0.29) is 0 Å². The number of hydrogen-bond acceptors (Lipinski definition) is 6. The van der Waals surface area contributed by atoms with E-state index in [2.05, 4.69) is 69.3 Å². The highest BCUT2D eigenvalue weighted by atomic mass is 28.3. The zero-order valence-corrected chi connectivity index (χ0v) is 30.6. The predicted octanol–water partition coefficient (Wildman–Crippen LogP) is 8.86. The van der Waals surface area contributed by atoms with Crippen LogP contribution in [0.2, 0.25) is 51.4 Å². The fourth-order valence-electron chi connectivity index (χ4n) is 6.72. The van der Waals surface area contributed by atoms with Gasteiger partial charge in [0.05, 0.1) is 6.20 Å². The van der Waals surface area contributed by atoms with Crippen LogP contribution >= 0.6 is 0 Å². The molecule has 0 aliphatic heterocycles. The highest BCUT2D eigenvalue weighted by Gasteiger charge is 2.36. The Balaban J connectivity index is 1.49. The summed E-state index contributed by atoms with van der Waals surface area (Å²) in [5, 5.41) is 4.94. The summed E-state index contributed by atoms with van der Waals surface area (Å²) < 4.78 is 14.7. The lowest BCUT2D eigenvalue weighted by Gasteiger charge is -2.30. The highest BCUT2D eigenvalue weighted by molar-refractivity contribution is 6.76. The number of rotatable bonds is 16. The third kappa shape index (κ3) is 9.01. The van der Waals surface area contributed by atoms with Gasteiger partial charge in [0.1, 0.15) is 19.3 Å². The van der Waals surface area contributed by atoms with Crippen molar-refractivity contribution in [1.82, 2.24) is 19.6 Å². The van der Waals surface area contributed by atoms with Crippen molar-refractivity contribution in [1.29, 1.82) is 0 Å². The summed E-state index contributed by atoms with van der Waals surface area (Å²) in [4.78, 5) is 12.4. The van der Waals surface area contributed by atoms with Gasteiger partial charge in [0.15, 0.2) is 5.65 Å². The first-order valence-corrected chi connectivity index (χ1v) is 24.6. The molecule has 3 aromatic heterocycles. The van der Waals surface area contributed by atoms with E-state index in [1.54, 1.807) is 0 Å². The van der Waals surface area contributed by atoms with Gasteiger partial charge in [-0.15, -0.1) is 0 Å².